The van der Waals surface area contributed by atoms with Gasteiger partial charge in [-0.05, 0) is 0 Å². The number of ether oxygens (including phenoxy) is 2. The molecule has 1 aromatic carbocycles. The topological polar surface area (TPSA) is 77.0 Å². The summed E-state index contributed by atoms with van der Waals surface area (Å²) in [6.45, 7) is 0. The Morgan fingerprint density at radius 2 is 1.81 bits per heavy atom. The van der Waals surface area contributed by atoms with Gasteiger partial charge in [-0.3, -0.25) is 5.43 Å². The summed E-state index contributed by atoms with van der Waals surface area (Å²) in [6.07, 6.45) is 0. The SMILES string of the molecule is COc1cc2c(cc1OC)S(=O)(=O)C=NN2. The lowest BCUT2D eigenvalue weighted by Gasteiger charge is -2.15. The molecule has 1 aliphatic heterocycles. The molecule has 0 atom stereocenters. The fourth-order valence-corrected chi connectivity index (χ4v) is 2.39. The Kier molecular flexibility index (Phi) is 2.47. The number of rotatable bonds is 2. The molecule has 0 aliphatic carbocycles. The molecule has 2 rings (SSSR count). The number of hydrogen-bond donors (Lipinski definition) is 1. The molecule has 6 nitrogen and oxygen atoms in total. The first-order valence-electron chi connectivity index (χ1n) is 4.38. The van der Waals surface area contributed by atoms with Crippen LogP contribution in [0.1, 0.15) is 0 Å². The van der Waals surface area contributed by atoms with Crippen LogP contribution in [-0.2, 0) is 9.84 Å². The Labute approximate surface area is 92.8 Å². The molecule has 0 amide bonds. The lowest BCUT2D eigenvalue weighted by atomic mass is 10.3. The molecule has 16 heavy (non-hydrogen) atoms. The van der Waals surface area contributed by atoms with Crippen molar-refractivity contribution in [1.29, 1.82) is 0 Å². The normalized spacial score (nSPS) is 16.1. The van der Waals surface area contributed by atoms with Crippen LogP contribution in [0.25, 0.3) is 0 Å². The van der Waals surface area contributed by atoms with E-state index in [0.717, 1.165) is 5.55 Å². The Balaban J connectivity index is 2.68. The van der Waals surface area contributed by atoms with E-state index in [1.807, 2.05) is 0 Å². The zero-order valence-electron chi connectivity index (χ0n) is 8.72. The summed E-state index contributed by atoms with van der Waals surface area (Å²) in [6, 6.07) is 2.93. The van der Waals surface area contributed by atoms with Crippen molar-refractivity contribution < 1.29 is 17.9 Å². The molecule has 0 saturated carbocycles. The van der Waals surface area contributed by atoms with Crippen LogP contribution >= 0.6 is 0 Å². The monoisotopic (exact) mass is 242 g/mol. The minimum Gasteiger partial charge on any atom is -0.493 e. The van der Waals surface area contributed by atoms with Crippen molar-refractivity contribution in [2.45, 2.75) is 4.90 Å². The summed E-state index contributed by atoms with van der Waals surface area (Å²) in [5.41, 5.74) is 3.84. The third-order valence-corrected chi connectivity index (χ3v) is 3.50. The number of benzene rings is 1. The second-order valence-electron chi connectivity index (χ2n) is 3.09. The molecular weight excluding hydrogens is 232 g/mol. The third-order valence-electron chi connectivity index (χ3n) is 2.17. The Morgan fingerprint density at radius 3 is 2.44 bits per heavy atom. The molecule has 0 spiro atoms. The number of sulfone groups is 1. The fourth-order valence-electron chi connectivity index (χ4n) is 1.41. The van der Waals surface area contributed by atoms with E-state index in [9.17, 15) is 8.42 Å². The number of hydrazone groups is 1. The highest BCUT2D eigenvalue weighted by molar-refractivity contribution is 8.04. The molecular formula is C9H10N2O4S. The number of methoxy groups -OCH3 is 2. The molecule has 1 aliphatic rings. The zero-order chi connectivity index (χ0) is 11.8. The van der Waals surface area contributed by atoms with Crippen molar-refractivity contribution in [3.8, 4) is 11.5 Å². The fraction of sp³-hybridized carbons (Fsp3) is 0.222. The molecule has 1 N–H and O–H groups in total. The van der Waals surface area contributed by atoms with Gasteiger partial charge in [0, 0.05) is 12.1 Å². The van der Waals surface area contributed by atoms with Crippen molar-refractivity contribution in [2.24, 2.45) is 5.10 Å². The van der Waals surface area contributed by atoms with E-state index < -0.39 is 9.84 Å². The summed E-state index contributed by atoms with van der Waals surface area (Å²) < 4.78 is 33.4. The number of anilines is 1. The van der Waals surface area contributed by atoms with Crippen LogP contribution in [0.5, 0.6) is 11.5 Å². The predicted octanol–water partition coefficient (Wildman–Crippen LogP) is 0.846. The maximum Gasteiger partial charge on any atom is 0.220 e. The highest BCUT2D eigenvalue weighted by atomic mass is 32.2. The standard InChI is InChI=1S/C9H10N2O4S/c1-14-7-3-6-9(4-8(7)15-2)16(12,13)5-10-11-6/h3-5,11H,1-2H3. The van der Waals surface area contributed by atoms with Crippen molar-refractivity contribution in [3.63, 3.8) is 0 Å². The van der Waals surface area contributed by atoms with Crippen LogP contribution < -0.4 is 14.9 Å². The van der Waals surface area contributed by atoms with Gasteiger partial charge in [0.2, 0.25) is 9.84 Å². The zero-order valence-corrected chi connectivity index (χ0v) is 9.54. The van der Waals surface area contributed by atoms with E-state index >= 15 is 0 Å². The highest BCUT2D eigenvalue weighted by Gasteiger charge is 2.23. The van der Waals surface area contributed by atoms with Gasteiger partial charge in [0.05, 0.1) is 19.9 Å². The Hall–Kier alpha value is -1.76. The number of hydrogen-bond acceptors (Lipinski definition) is 6. The van der Waals surface area contributed by atoms with E-state index in [-0.39, 0.29) is 4.90 Å². The van der Waals surface area contributed by atoms with Crippen LogP contribution in [0.15, 0.2) is 22.1 Å². The molecule has 86 valence electrons. The minimum absolute atomic E-state index is 0.125. The molecule has 0 radical (unpaired) electrons. The first-order chi connectivity index (χ1) is 7.58. The van der Waals surface area contributed by atoms with Gasteiger partial charge in [-0.15, -0.1) is 0 Å². The summed E-state index contributed by atoms with van der Waals surface area (Å²) in [7, 11) is -0.567. The lowest BCUT2D eigenvalue weighted by Crippen LogP contribution is -2.12. The average Bonchev–Trinajstić information content (AvgIpc) is 2.27. The van der Waals surface area contributed by atoms with Gasteiger partial charge in [-0.25, -0.2) is 8.42 Å². The molecule has 1 heterocycles. The smallest absolute Gasteiger partial charge is 0.220 e. The minimum atomic E-state index is -3.49. The predicted molar refractivity (Wildman–Crippen MR) is 58.8 cm³/mol. The van der Waals surface area contributed by atoms with Crippen LogP contribution in [0.4, 0.5) is 5.69 Å². The molecule has 0 unspecified atom stereocenters. The lowest BCUT2D eigenvalue weighted by molar-refractivity contribution is 0.354. The van der Waals surface area contributed by atoms with Gasteiger partial charge in [0.1, 0.15) is 10.4 Å². The van der Waals surface area contributed by atoms with E-state index in [2.05, 4.69) is 10.5 Å². The van der Waals surface area contributed by atoms with Crippen molar-refractivity contribution >= 4 is 21.1 Å². The summed E-state index contributed by atoms with van der Waals surface area (Å²) in [5.74, 6) is 0.808. The van der Waals surface area contributed by atoms with Gasteiger partial charge in [-0.2, -0.15) is 5.10 Å². The maximum atomic E-state index is 11.7. The Bertz CT molecular complexity index is 551. The summed E-state index contributed by atoms with van der Waals surface area (Å²) in [4.78, 5) is 0.125. The molecule has 0 aromatic heterocycles. The average molecular weight is 242 g/mol. The van der Waals surface area contributed by atoms with Gasteiger partial charge in [-0.1, -0.05) is 0 Å². The van der Waals surface area contributed by atoms with Crippen molar-refractivity contribution in [3.05, 3.63) is 12.1 Å². The molecule has 1 aromatic rings. The van der Waals surface area contributed by atoms with Gasteiger partial charge in [0.25, 0.3) is 0 Å². The van der Waals surface area contributed by atoms with E-state index in [1.165, 1.54) is 26.4 Å². The van der Waals surface area contributed by atoms with Crippen LogP contribution in [0, 0.1) is 0 Å². The molecule has 7 heteroatoms. The van der Waals surface area contributed by atoms with Gasteiger partial charge in [0.15, 0.2) is 11.5 Å². The first-order valence-corrected chi connectivity index (χ1v) is 5.93. The molecule has 0 saturated heterocycles. The van der Waals surface area contributed by atoms with E-state index in [0.29, 0.717) is 17.2 Å². The van der Waals surface area contributed by atoms with Gasteiger partial charge < -0.3 is 9.47 Å². The maximum absolute atomic E-state index is 11.7. The number of fused-ring (bicyclic) bond motifs is 1. The van der Waals surface area contributed by atoms with Crippen LogP contribution in [0.2, 0.25) is 0 Å². The van der Waals surface area contributed by atoms with Crippen LogP contribution in [-0.4, -0.2) is 28.2 Å². The van der Waals surface area contributed by atoms with E-state index in [1.54, 1.807) is 0 Å². The summed E-state index contributed by atoms with van der Waals surface area (Å²) in [5, 5.41) is 3.54. The molecule has 0 bridgehead atoms. The van der Waals surface area contributed by atoms with Crippen molar-refractivity contribution in [1.82, 2.24) is 0 Å². The molecule has 0 fully saturated rings. The van der Waals surface area contributed by atoms with Gasteiger partial charge >= 0.3 is 0 Å². The first kappa shape index (κ1) is 10.7. The second-order valence-corrected chi connectivity index (χ2v) is 4.84. The summed E-state index contributed by atoms with van der Waals surface area (Å²) >= 11 is 0. The van der Waals surface area contributed by atoms with Crippen LogP contribution in [0.3, 0.4) is 0 Å². The number of nitrogens with zero attached hydrogens (tertiary/aromatic N) is 1. The Morgan fingerprint density at radius 1 is 1.19 bits per heavy atom. The quantitative estimate of drug-likeness (QED) is 0.831. The number of nitrogens with one attached hydrogen (secondary N) is 1. The third kappa shape index (κ3) is 1.58. The largest absolute Gasteiger partial charge is 0.493 e. The highest BCUT2D eigenvalue weighted by Crippen LogP contribution is 2.36. The van der Waals surface area contributed by atoms with Crippen molar-refractivity contribution in [2.75, 3.05) is 19.6 Å². The van der Waals surface area contributed by atoms with E-state index in [4.69, 9.17) is 9.47 Å². The second kappa shape index (κ2) is 3.67.